The lowest BCUT2D eigenvalue weighted by Gasteiger charge is -2.09. The van der Waals surface area contributed by atoms with Gasteiger partial charge in [0.15, 0.2) is 11.6 Å². The number of anilines is 1. The Morgan fingerprint density at radius 2 is 2.05 bits per heavy atom. The molecule has 0 spiro atoms. The molecule has 2 rings (SSSR count). The number of halogens is 3. The third kappa shape index (κ3) is 4.17. The topological polar surface area (TPSA) is 34.1 Å². The van der Waals surface area contributed by atoms with Gasteiger partial charge >= 0.3 is 0 Å². The first kappa shape index (κ1) is 13.7. The number of nitrogens with one attached hydrogen (secondary N) is 1. The summed E-state index contributed by atoms with van der Waals surface area (Å²) in [6.07, 6.45) is 3.35. The smallest absolute Gasteiger partial charge is 0.167 e. The number of benzene rings is 1. The molecule has 0 fully saturated rings. The zero-order chi connectivity index (χ0) is 13.7. The Morgan fingerprint density at radius 3 is 2.79 bits per heavy atom. The molecule has 1 aromatic carbocycles. The Labute approximate surface area is 117 Å². The Bertz CT molecular complexity index is 566. The highest BCUT2D eigenvalue weighted by Gasteiger charge is 2.04. The second-order valence-corrected chi connectivity index (χ2v) is 4.66. The van der Waals surface area contributed by atoms with Crippen LogP contribution in [-0.4, -0.2) is 18.1 Å². The number of nitrogens with zero attached hydrogens (tertiary/aromatic N) is 1. The van der Waals surface area contributed by atoms with Crippen molar-refractivity contribution in [1.82, 2.24) is 4.98 Å². The van der Waals surface area contributed by atoms with E-state index in [4.69, 9.17) is 4.74 Å². The molecule has 0 saturated heterocycles. The standard InChI is InChI=1S/C13H11BrF2N2O/c14-9-5-11(8-17-7-9)18-3-4-19-13-2-1-10(15)6-12(13)16/h1-2,5-8,18H,3-4H2. The van der Waals surface area contributed by atoms with Crippen molar-refractivity contribution < 1.29 is 13.5 Å². The van der Waals surface area contributed by atoms with Gasteiger partial charge in [-0.25, -0.2) is 8.78 Å². The summed E-state index contributed by atoms with van der Waals surface area (Å²) < 4.78 is 32.0. The summed E-state index contributed by atoms with van der Waals surface area (Å²) in [5.41, 5.74) is 0.831. The number of hydrogen-bond acceptors (Lipinski definition) is 3. The fourth-order valence-electron chi connectivity index (χ4n) is 1.46. The van der Waals surface area contributed by atoms with Gasteiger partial charge in [0.1, 0.15) is 12.4 Å². The van der Waals surface area contributed by atoms with Gasteiger partial charge in [0, 0.05) is 23.3 Å². The highest BCUT2D eigenvalue weighted by atomic mass is 79.9. The largest absolute Gasteiger partial charge is 0.489 e. The minimum Gasteiger partial charge on any atom is -0.489 e. The van der Waals surface area contributed by atoms with E-state index in [9.17, 15) is 8.78 Å². The molecule has 0 bridgehead atoms. The van der Waals surface area contributed by atoms with Crippen LogP contribution in [0.4, 0.5) is 14.5 Å². The highest BCUT2D eigenvalue weighted by Crippen LogP contribution is 2.17. The number of aromatic nitrogens is 1. The molecule has 0 aliphatic carbocycles. The monoisotopic (exact) mass is 328 g/mol. The van der Waals surface area contributed by atoms with E-state index in [2.05, 4.69) is 26.2 Å². The van der Waals surface area contributed by atoms with E-state index >= 15 is 0 Å². The molecule has 0 atom stereocenters. The summed E-state index contributed by atoms with van der Waals surface area (Å²) in [7, 11) is 0. The van der Waals surface area contributed by atoms with Crippen LogP contribution in [-0.2, 0) is 0 Å². The molecular weight excluding hydrogens is 318 g/mol. The van der Waals surface area contributed by atoms with Gasteiger partial charge in [-0.15, -0.1) is 0 Å². The third-order valence-electron chi connectivity index (χ3n) is 2.29. The van der Waals surface area contributed by atoms with Gasteiger partial charge in [-0.05, 0) is 34.1 Å². The first-order chi connectivity index (χ1) is 9.15. The Hall–Kier alpha value is -1.69. The Kier molecular flexibility index (Phi) is 4.68. The minimum absolute atomic E-state index is 0.0376. The van der Waals surface area contributed by atoms with E-state index in [0.29, 0.717) is 6.54 Å². The van der Waals surface area contributed by atoms with E-state index in [-0.39, 0.29) is 12.4 Å². The van der Waals surface area contributed by atoms with Crippen LogP contribution in [0, 0.1) is 11.6 Å². The second-order valence-electron chi connectivity index (χ2n) is 3.74. The van der Waals surface area contributed by atoms with Crippen molar-refractivity contribution in [3.8, 4) is 5.75 Å². The Balaban J connectivity index is 1.81. The summed E-state index contributed by atoms with van der Waals surface area (Å²) in [6.45, 7) is 0.740. The first-order valence-corrected chi connectivity index (χ1v) is 6.37. The van der Waals surface area contributed by atoms with Crippen LogP contribution in [0.3, 0.4) is 0 Å². The van der Waals surface area contributed by atoms with Crippen molar-refractivity contribution in [1.29, 1.82) is 0 Å². The van der Waals surface area contributed by atoms with Gasteiger partial charge in [-0.3, -0.25) is 4.98 Å². The number of hydrogen-bond donors (Lipinski definition) is 1. The summed E-state index contributed by atoms with van der Waals surface area (Å²) in [5.74, 6) is -1.29. The molecule has 2 aromatic rings. The fraction of sp³-hybridized carbons (Fsp3) is 0.154. The molecule has 1 aromatic heterocycles. The van der Waals surface area contributed by atoms with E-state index in [1.807, 2.05) is 6.07 Å². The number of ether oxygens (including phenoxy) is 1. The van der Waals surface area contributed by atoms with Crippen molar-refractivity contribution in [3.05, 3.63) is 52.8 Å². The van der Waals surface area contributed by atoms with Gasteiger partial charge in [-0.1, -0.05) is 0 Å². The van der Waals surface area contributed by atoms with Crippen molar-refractivity contribution >= 4 is 21.6 Å². The fourth-order valence-corrected chi connectivity index (χ4v) is 1.82. The van der Waals surface area contributed by atoms with Crippen LogP contribution in [0.15, 0.2) is 41.1 Å². The van der Waals surface area contributed by atoms with Crippen LogP contribution < -0.4 is 10.1 Å². The average molecular weight is 329 g/mol. The van der Waals surface area contributed by atoms with Crippen LogP contribution in [0.25, 0.3) is 0 Å². The van der Waals surface area contributed by atoms with Gasteiger partial charge in [-0.2, -0.15) is 0 Å². The van der Waals surface area contributed by atoms with Gasteiger partial charge in [0.2, 0.25) is 0 Å². The molecule has 6 heteroatoms. The second kappa shape index (κ2) is 6.47. The maximum absolute atomic E-state index is 13.3. The normalized spacial score (nSPS) is 10.3. The van der Waals surface area contributed by atoms with E-state index in [1.165, 1.54) is 6.07 Å². The summed E-state index contributed by atoms with van der Waals surface area (Å²) >= 11 is 3.31. The molecular formula is C13H11BrF2N2O. The molecule has 0 unspecified atom stereocenters. The molecule has 0 aliphatic rings. The lowest BCUT2D eigenvalue weighted by molar-refractivity contribution is 0.314. The predicted octanol–water partition coefficient (Wildman–Crippen LogP) is 3.61. The maximum Gasteiger partial charge on any atom is 0.167 e. The summed E-state index contributed by atoms with van der Waals surface area (Å²) in [6, 6.07) is 5.09. The van der Waals surface area contributed by atoms with Crippen molar-refractivity contribution in [2.24, 2.45) is 0 Å². The lowest BCUT2D eigenvalue weighted by atomic mass is 10.3. The van der Waals surface area contributed by atoms with Crippen LogP contribution >= 0.6 is 15.9 Å². The number of pyridine rings is 1. The molecule has 0 amide bonds. The predicted molar refractivity (Wildman–Crippen MR) is 72.3 cm³/mol. The van der Waals surface area contributed by atoms with Crippen molar-refractivity contribution in [2.75, 3.05) is 18.5 Å². The molecule has 1 N–H and O–H groups in total. The molecule has 0 radical (unpaired) electrons. The van der Waals surface area contributed by atoms with Crippen LogP contribution in [0.1, 0.15) is 0 Å². The van der Waals surface area contributed by atoms with Crippen molar-refractivity contribution in [2.45, 2.75) is 0 Å². The maximum atomic E-state index is 13.3. The highest BCUT2D eigenvalue weighted by molar-refractivity contribution is 9.10. The molecule has 0 saturated carbocycles. The van der Waals surface area contributed by atoms with Gasteiger partial charge in [0.25, 0.3) is 0 Å². The zero-order valence-electron chi connectivity index (χ0n) is 9.87. The first-order valence-electron chi connectivity index (χ1n) is 5.57. The third-order valence-corrected chi connectivity index (χ3v) is 2.72. The van der Waals surface area contributed by atoms with E-state index < -0.39 is 11.6 Å². The molecule has 100 valence electrons. The summed E-state index contributed by atoms with van der Waals surface area (Å²) in [5, 5.41) is 3.07. The lowest BCUT2D eigenvalue weighted by Crippen LogP contribution is -2.12. The molecule has 3 nitrogen and oxygen atoms in total. The SMILES string of the molecule is Fc1ccc(OCCNc2cncc(Br)c2)c(F)c1. The van der Waals surface area contributed by atoms with Gasteiger partial charge < -0.3 is 10.1 Å². The average Bonchev–Trinajstić information content (AvgIpc) is 2.37. The van der Waals surface area contributed by atoms with Crippen LogP contribution in [0.5, 0.6) is 5.75 Å². The van der Waals surface area contributed by atoms with Crippen molar-refractivity contribution in [3.63, 3.8) is 0 Å². The number of rotatable bonds is 5. The minimum atomic E-state index is -0.705. The van der Waals surface area contributed by atoms with E-state index in [0.717, 1.165) is 22.3 Å². The molecule has 19 heavy (non-hydrogen) atoms. The zero-order valence-corrected chi connectivity index (χ0v) is 11.5. The quantitative estimate of drug-likeness (QED) is 0.851. The van der Waals surface area contributed by atoms with Crippen LogP contribution in [0.2, 0.25) is 0 Å². The Morgan fingerprint density at radius 1 is 1.21 bits per heavy atom. The molecule has 0 aliphatic heterocycles. The molecule has 1 heterocycles. The van der Waals surface area contributed by atoms with Gasteiger partial charge in [0.05, 0.1) is 11.9 Å². The van der Waals surface area contributed by atoms with E-state index in [1.54, 1.807) is 12.4 Å². The summed E-state index contributed by atoms with van der Waals surface area (Å²) in [4.78, 5) is 3.99.